The molecule has 1 aromatic heterocycles. The van der Waals surface area contributed by atoms with Gasteiger partial charge in [-0.15, -0.1) is 0 Å². The van der Waals surface area contributed by atoms with Crippen LogP contribution in [-0.4, -0.2) is 15.4 Å². The standard InChI is InChI=1S/C16H15N3O3/c1-3-18-15-6-4-11(17-10(2)20)8-13(15)14-9-12(19(21)22)5-7-16(14)18/h4-9H,3H2,1-2H3,(H,17,20). The van der Waals surface area contributed by atoms with E-state index in [4.69, 9.17) is 0 Å². The van der Waals surface area contributed by atoms with Crippen molar-refractivity contribution < 1.29 is 9.72 Å². The van der Waals surface area contributed by atoms with Gasteiger partial charge in [0.05, 0.1) is 4.92 Å². The first-order chi connectivity index (χ1) is 10.5. The zero-order valence-corrected chi connectivity index (χ0v) is 12.3. The summed E-state index contributed by atoms with van der Waals surface area (Å²) >= 11 is 0. The Morgan fingerprint density at radius 1 is 1.18 bits per heavy atom. The average Bonchev–Trinajstić information content (AvgIpc) is 2.79. The van der Waals surface area contributed by atoms with Crippen molar-refractivity contribution in [3.63, 3.8) is 0 Å². The number of amides is 1. The van der Waals surface area contributed by atoms with Crippen LogP contribution in [0.2, 0.25) is 0 Å². The van der Waals surface area contributed by atoms with Gasteiger partial charge in [0.2, 0.25) is 5.91 Å². The molecule has 0 saturated carbocycles. The molecule has 0 aliphatic carbocycles. The van der Waals surface area contributed by atoms with Crippen molar-refractivity contribution in [3.8, 4) is 0 Å². The van der Waals surface area contributed by atoms with Crippen LogP contribution in [0.1, 0.15) is 13.8 Å². The monoisotopic (exact) mass is 297 g/mol. The zero-order chi connectivity index (χ0) is 15.9. The Bertz CT molecular complexity index is 912. The molecule has 6 heteroatoms. The van der Waals surface area contributed by atoms with Gasteiger partial charge in [0.1, 0.15) is 0 Å². The summed E-state index contributed by atoms with van der Waals surface area (Å²) < 4.78 is 2.10. The fraction of sp³-hybridized carbons (Fsp3) is 0.188. The largest absolute Gasteiger partial charge is 0.341 e. The van der Waals surface area contributed by atoms with Crippen LogP contribution in [0.3, 0.4) is 0 Å². The summed E-state index contributed by atoms with van der Waals surface area (Å²) in [4.78, 5) is 21.8. The number of fused-ring (bicyclic) bond motifs is 3. The minimum absolute atomic E-state index is 0.0626. The highest BCUT2D eigenvalue weighted by Crippen LogP contribution is 2.33. The molecule has 0 saturated heterocycles. The predicted molar refractivity (Wildman–Crippen MR) is 86.1 cm³/mol. The number of benzene rings is 2. The Labute approximate surface area is 126 Å². The van der Waals surface area contributed by atoms with Gasteiger partial charge in [0.15, 0.2) is 0 Å². The fourth-order valence-corrected chi connectivity index (χ4v) is 2.83. The van der Waals surface area contributed by atoms with Crippen molar-refractivity contribution >= 4 is 39.1 Å². The molecule has 0 atom stereocenters. The Balaban J connectivity index is 2.34. The molecule has 0 bridgehead atoms. The van der Waals surface area contributed by atoms with Gasteiger partial charge in [-0.25, -0.2) is 0 Å². The molecule has 0 spiro atoms. The lowest BCUT2D eigenvalue weighted by molar-refractivity contribution is -0.384. The summed E-state index contributed by atoms with van der Waals surface area (Å²) in [5.74, 6) is -0.149. The second-order valence-electron chi connectivity index (χ2n) is 5.12. The molecule has 0 aliphatic rings. The van der Waals surface area contributed by atoms with Crippen molar-refractivity contribution in [2.75, 3.05) is 5.32 Å². The van der Waals surface area contributed by atoms with E-state index in [1.165, 1.54) is 13.0 Å². The molecule has 0 fully saturated rings. The lowest BCUT2D eigenvalue weighted by Gasteiger charge is -2.04. The second-order valence-corrected chi connectivity index (χ2v) is 5.12. The van der Waals surface area contributed by atoms with Gasteiger partial charge in [-0.3, -0.25) is 14.9 Å². The van der Waals surface area contributed by atoms with Gasteiger partial charge in [0, 0.05) is 53.1 Å². The fourth-order valence-electron chi connectivity index (χ4n) is 2.83. The molecule has 1 amide bonds. The first-order valence-electron chi connectivity index (χ1n) is 6.99. The lowest BCUT2D eigenvalue weighted by atomic mass is 10.1. The molecule has 6 nitrogen and oxygen atoms in total. The first-order valence-corrected chi connectivity index (χ1v) is 6.99. The van der Waals surface area contributed by atoms with E-state index >= 15 is 0 Å². The van der Waals surface area contributed by atoms with E-state index in [9.17, 15) is 14.9 Å². The molecular weight excluding hydrogens is 282 g/mol. The molecular formula is C16H15N3O3. The number of rotatable bonds is 3. The highest BCUT2D eigenvalue weighted by molar-refractivity contribution is 6.10. The zero-order valence-electron chi connectivity index (χ0n) is 12.3. The highest BCUT2D eigenvalue weighted by atomic mass is 16.6. The van der Waals surface area contributed by atoms with Gasteiger partial charge < -0.3 is 9.88 Å². The Morgan fingerprint density at radius 2 is 1.82 bits per heavy atom. The number of non-ortho nitro benzene ring substituents is 1. The number of carbonyl (C=O) groups is 1. The van der Waals surface area contributed by atoms with Crippen LogP contribution in [0.25, 0.3) is 21.8 Å². The molecule has 0 unspecified atom stereocenters. The second kappa shape index (κ2) is 5.14. The van der Waals surface area contributed by atoms with Crippen molar-refractivity contribution in [1.82, 2.24) is 4.57 Å². The maximum absolute atomic E-state index is 11.2. The van der Waals surface area contributed by atoms with Crippen LogP contribution in [0.5, 0.6) is 0 Å². The smallest absolute Gasteiger partial charge is 0.270 e. The summed E-state index contributed by atoms with van der Waals surface area (Å²) in [5, 5.41) is 15.5. The van der Waals surface area contributed by atoms with E-state index in [1.54, 1.807) is 12.1 Å². The highest BCUT2D eigenvalue weighted by Gasteiger charge is 2.14. The Hall–Kier alpha value is -2.89. The van der Waals surface area contributed by atoms with Gasteiger partial charge >= 0.3 is 0 Å². The number of aryl methyl sites for hydroxylation is 1. The van der Waals surface area contributed by atoms with Gasteiger partial charge in [-0.05, 0) is 31.2 Å². The van der Waals surface area contributed by atoms with Crippen LogP contribution < -0.4 is 5.32 Å². The van der Waals surface area contributed by atoms with Crippen molar-refractivity contribution in [1.29, 1.82) is 0 Å². The van der Waals surface area contributed by atoms with E-state index in [0.717, 1.165) is 28.4 Å². The number of hydrogen-bond acceptors (Lipinski definition) is 3. The number of anilines is 1. The number of nitro benzene ring substituents is 1. The maximum atomic E-state index is 11.2. The normalized spacial score (nSPS) is 11.0. The van der Waals surface area contributed by atoms with E-state index in [1.807, 2.05) is 25.1 Å². The van der Waals surface area contributed by atoms with Crippen LogP contribution in [0, 0.1) is 10.1 Å². The molecule has 0 radical (unpaired) electrons. The quantitative estimate of drug-likeness (QED) is 0.591. The van der Waals surface area contributed by atoms with E-state index in [0.29, 0.717) is 5.69 Å². The SMILES string of the molecule is CCn1c2ccc(NC(C)=O)cc2c2cc([N+](=O)[O-])ccc21. The van der Waals surface area contributed by atoms with Crippen LogP contribution >= 0.6 is 0 Å². The number of carbonyl (C=O) groups excluding carboxylic acids is 1. The predicted octanol–water partition coefficient (Wildman–Crippen LogP) is 3.68. The molecule has 1 N–H and O–H groups in total. The van der Waals surface area contributed by atoms with Crippen molar-refractivity contribution in [2.45, 2.75) is 20.4 Å². The third kappa shape index (κ3) is 2.18. The number of aromatic nitrogens is 1. The molecule has 2 aromatic carbocycles. The van der Waals surface area contributed by atoms with Crippen LogP contribution in [-0.2, 0) is 11.3 Å². The topological polar surface area (TPSA) is 77.2 Å². The summed E-state index contributed by atoms with van der Waals surface area (Å²) in [6.45, 7) is 4.24. The molecule has 112 valence electrons. The molecule has 0 aliphatic heterocycles. The number of nitrogens with zero attached hydrogens (tertiary/aromatic N) is 2. The summed E-state index contributed by atoms with van der Waals surface area (Å²) in [5.41, 5.74) is 2.68. The number of nitro groups is 1. The summed E-state index contributed by atoms with van der Waals surface area (Å²) in [7, 11) is 0. The lowest BCUT2D eigenvalue weighted by Crippen LogP contribution is -2.05. The number of nitrogens with one attached hydrogen (secondary N) is 1. The van der Waals surface area contributed by atoms with Gasteiger partial charge in [0.25, 0.3) is 5.69 Å². The molecule has 22 heavy (non-hydrogen) atoms. The third-order valence-electron chi connectivity index (χ3n) is 3.70. The first kappa shape index (κ1) is 14.1. The van der Waals surface area contributed by atoms with Crippen LogP contribution in [0.4, 0.5) is 11.4 Å². The average molecular weight is 297 g/mol. The number of hydrogen-bond donors (Lipinski definition) is 1. The van der Waals surface area contributed by atoms with E-state index in [-0.39, 0.29) is 11.6 Å². The maximum Gasteiger partial charge on any atom is 0.270 e. The van der Waals surface area contributed by atoms with E-state index < -0.39 is 4.92 Å². The van der Waals surface area contributed by atoms with Crippen molar-refractivity contribution in [3.05, 3.63) is 46.5 Å². The molecule has 3 aromatic rings. The minimum Gasteiger partial charge on any atom is -0.341 e. The van der Waals surface area contributed by atoms with Crippen LogP contribution in [0.15, 0.2) is 36.4 Å². The van der Waals surface area contributed by atoms with E-state index in [2.05, 4.69) is 9.88 Å². The third-order valence-corrected chi connectivity index (χ3v) is 3.70. The van der Waals surface area contributed by atoms with Crippen molar-refractivity contribution in [2.24, 2.45) is 0 Å². The molecule has 1 heterocycles. The summed E-state index contributed by atoms with van der Waals surface area (Å²) in [6, 6.07) is 10.5. The summed E-state index contributed by atoms with van der Waals surface area (Å²) in [6.07, 6.45) is 0. The van der Waals surface area contributed by atoms with Gasteiger partial charge in [-0.1, -0.05) is 0 Å². The minimum atomic E-state index is -0.397. The molecule has 3 rings (SSSR count). The Kier molecular flexibility index (Phi) is 3.29. The van der Waals surface area contributed by atoms with Gasteiger partial charge in [-0.2, -0.15) is 0 Å². The Morgan fingerprint density at radius 3 is 2.41 bits per heavy atom.